The summed E-state index contributed by atoms with van der Waals surface area (Å²) in [4.78, 5) is 2.29. The van der Waals surface area contributed by atoms with Crippen LogP contribution in [0.25, 0.3) is 0 Å². The van der Waals surface area contributed by atoms with Gasteiger partial charge in [-0.05, 0) is 31.5 Å². The van der Waals surface area contributed by atoms with Crippen LogP contribution in [0.3, 0.4) is 0 Å². The Kier molecular flexibility index (Phi) is 4.79. The lowest BCUT2D eigenvalue weighted by molar-refractivity contribution is -0.0498. The summed E-state index contributed by atoms with van der Waals surface area (Å²) >= 11 is 5.84. The molecule has 3 atom stereocenters. The molecule has 0 saturated carbocycles. The van der Waals surface area contributed by atoms with Gasteiger partial charge in [0, 0.05) is 25.2 Å². The predicted octanol–water partition coefficient (Wildman–Crippen LogP) is 2.59. The first kappa shape index (κ1) is 14.7. The molecular formula is C14H20ClFN2O. The maximum atomic E-state index is 13.2. The van der Waals surface area contributed by atoms with Crippen molar-refractivity contribution in [3.8, 4) is 0 Å². The van der Waals surface area contributed by atoms with Crippen molar-refractivity contribution in [3.05, 3.63) is 34.6 Å². The zero-order valence-electron chi connectivity index (χ0n) is 11.3. The standard InChI is InChI=1S/C14H20ClFN2O/c1-9(17)14-8-18(5-6-19-14)10(2)11-3-4-13(16)12(15)7-11/h3-4,7,9-10,14H,5-6,8,17H2,1-2H3. The van der Waals surface area contributed by atoms with Gasteiger partial charge in [-0.2, -0.15) is 0 Å². The van der Waals surface area contributed by atoms with Crippen molar-refractivity contribution in [3.63, 3.8) is 0 Å². The van der Waals surface area contributed by atoms with E-state index in [4.69, 9.17) is 22.1 Å². The van der Waals surface area contributed by atoms with E-state index in [0.717, 1.165) is 18.7 Å². The molecule has 1 saturated heterocycles. The number of nitrogens with zero attached hydrogens (tertiary/aromatic N) is 1. The van der Waals surface area contributed by atoms with Gasteiger partial charge in [0.05, 0.1) is 17.7 Å². The third-order valence-electron chi connectivity index (χ3n) is 3.69. The normalized spacial score (nSPS) is 24.2. The van der Waals surface area contributed by atoms with E-state index >= 15 is 0 Å². The largest absolute Gasteiger partial charge is 0.374 e. The highest BCUT2D eigenvalue weighted by atomic mass is 35.5. The van der Waals surface area contributed by atoms with E-state index in [2.05, 4.69) is 11.8 Å². The van der Waals surface area contributed by atoms with Crippen LogP contribution in [0.4, 0.5) is 4.39 Å². The van der Waals surface area contributed by atoms with Crippen LogP contribution in [0.5, 0.6) is 0 Å². The number of halogens is 2. The fourth-order valence-corrected chi connectivity index (χ4v) is 2.54. The number of rotatable bonds is 3. The fraction of sp³-hybridized carbons (Fsp3) is 0.571. The number of hydrogen-bond acceptors (Lipinski definition) is 3. The van der Waals surface area contributed by atoms with E-state index in [9.17, 15) is 4.39 Å². The molecule has 0 aliphatic carbocycles. The molecule has 0 aromatic heterocycles. The van der Waals surface area contributed by atoms with Gasteiger partial charge in [0.2, 0.25) is 0 Å². The van der Waals surface area contributed by atoms with Crippen molar-refractivity contribution < 1.29 is 9.13 Å². The Morgan fingerprint density at radius 1 is 1.47 bits per heavy atom. The minimum atomic E-state index is -0.381. The van der Waals surface area contributed by atoms with Crippen molar-refractivity contribution in [1.82, 2.24) is 4.90 Å². The maximum absolute atomic E-state index is 13.2. The third kappa shape index (κ3) is 3.45. The third-order valence-corrected chi connectivity index (χ3v) is 3.97. The highest BCUT2D eigenvalue weighted by Gasteiger charge is 2.27. The molecule has 1 fully saturated rings. The van der Waals surface area contributed by atoms with E-state index in [1.165, 1.54) is 6.07 Å². The van der Waals surface area contributed by atoms with Crippen LogP contribution in [0.1, 0.15) is 25.5 Å². The molecule has 106 valence electrons. The Bertz CT molecular complexity index is 441. The second kappa shape index (κ2) is 6.18. The van der Waals surface area contributed by atoms with Crippen LogP contribution in [0, 0.1) is 5.82 Å². The number of ether oxygens (including phenoxy) is 1. The Morgan fingerprint density at radius 2 is 2.21 bits per heavy atom. The molecule has 1 heterocycles. The molecule has 2 rings (SSSR count). The number of morpholine rings is 1. The van der Waals surface area contributed by atoms with Gasteiger partial charge in [-0.15, -0.1) is 0 Å². The first-order chi connectivity index (χ1) is 8.99. The van der Waals surface area contributed by atoms with Crippen molar-refractivity contribution in [1.29, 1.82) is 0 Å². The van der Waals surface area contributed by atoms with Crippen molar-refractivity contribution in [2.75, 3.05) is 19.7 Å². The first-order valence-electron chi connectivity index (χ1n) is 6.55. The van der Waals surface area contributed by atoms with Gasteiger partial charge < -0.3 is 10.5 Å². The quantitative estimate of drug-likeness (QED) is 0.928. The van der Waals surface area contributed by atoms with E-state index in [1.807, 2.05) is 6.92 Å². The van der Waals surface area contributed by atoms with Crippen LogP contribution in [-0.2, 0) is 4.74 Å². The zero-order chi connectivity index (χ0) is 14.0. The summed E-state index contributed by atoms with van der Waals surface area (Å²) in [6.45, 7) is 6.35. The summed E-state index contributed by atoms with van der Waals surface area (Å²) in [5.74, 6) is -0.381. The molecule has 0 bridgehead atoms. The van der Waals surface area contributed by atoms with Crippen molar-refractivity contribution in [2.24, 2.45) is 5.73 Å². The molecule has 1 aromatic carbocycles. The number of benzene rings is 1. The Morgan fingerprint density at radius 3 is 2.84 bits per heavy atom. The van der Waals surface area contributed by atoms with Gasteiger partial charge in [-0.25, -0.2) is 4.39 Å². The number of nitrogens with two attached hydrogens (primary N) is 1. The van der Waals surface area contributed by atoms with E-state index in [0.29, 0.717) is 6.61 Å². The minimum absolute atomic E-state index is 0.00630. The second-order valence-electron chi connectivity index (χ2n) is 5.11. The molecule has 3 unspecified atom stereocenters. The molecule has 3 nitrogen and oxygen atoms in total. The second-order valence-corrected chi connectivity index (χ2v) is 5.52. The summed E-state index contributed by atoms with van der Waals surface area (Å²) in [6.07, 6.45) is 0.0483. The van der Waals surface area contributed by atoms with Gasteiger partial charge in [0.15, 0.2) is 0 Å². The SMILES string of the molecule is CC(N)C1CN(C(C)c2ccc(F)c(Cl)c2)CCO1. The van der Waals surface area contributed by atoms with Gasteiger partial charge in [-0.3, -0.25) is 4.90 Å². The Hall–Kier alpha value is -0.680. The van der Waals surface area contributed by atoms with Gasteiger partial charge in [0.1, 0.15) is 5.82 Å². The van der Waals surface area contributed by atoms with Crippen LogP contribution in [0.2, 0.25) is 5.02 Å². The first-order valence-corrected chi connectivity index (χ1v) is 6.93. The van der Waals surface area contributed by atoms with E-state index in [-0.39, 0.29) is 29.0 Å². The van der Waals surface area contributed by atoms with Crippen LogP contribution in [0.15, 0.2) is 18.2 Å². The molecule has 19 heavy (non-hydrogen) atoms. The summed E-state index contributed by atoms with van der Waals surface area (Å²) < 4.78 is 18.8. The smallest absolute Gasteiger partial charge is 0.141 e. The summed E-state index contributed by atoms with van der Waals surface area (Å²) in [5.41, 5.74) is 6.90. The molecule has 0 amide bonds. The Labute approximate surface area is 118 Å². The predicted molar refractivity (Wildman–Crippen MR) is 74.8 cm³/mol. The molecule has 2 N–H and O–H groups in total. The molecule has 1 aliphatic rings. The van der Waals surface area contributed by atoms with Crippen LogP contribution < -0.4 is 5.73 Å². The molecule has 1 aliphatic heterocycles. The van der Waals surface area contributed by atoms with Gasteiger partial charge in [0.25, 0.3) is 0 Å². The highest BCUT2D eigenvalue weighted by molar-refractivity contribution is 6.30. The van der Waals surface area contributed by atoms with Crippen LogP contribution >= 0.6 is 11.6 Å². The average molecular weight is 287 g/mol. The average Bonchev–Trinajstić information content (AvgIpc) is 2.41. The molecule has 0 radical (unpaired) electrons. The lowest BCUT2D eigenvalue weighted by Gasteiger charge is -2.38. The zero-order valence-corrected chi connectivity index (χ0v) is 12.0. The highest BCUT2D eigenvalue weighted by Crippen LogP contribution is 2.26. The van der Waals surface area contributed by atoms with E-state index < -0.39 is 0 Å². The Balaban J connectivity index is 2.10. The van der Waals surface area contributed by atoms with Crippen molar-refractivity contribution in [2.45, 2.75) is 32.0 Å². The molecular weight excluding hydrogens is 267 g/mol. The van der Waals surface area contributed by atoms with Crippen LogP contribution in [-0.4, -0.2) is 36.7 Å². The summed E-state index contributed by atoms with van der Waals surface area (Å²) in [5, 5.41) is 0.168. The molecule has 1 aromatic rings. The minimum Gasteiger partial charge on any atom is -0.374 e. The van der Waals surface area contributed by atoms with Gasteiger partial charge >= 0.3 is 0 Å². The monoisotopic (exact) mass is 286 g/mol. The fourth-order valence-electron chi connectivity index (χ4n) is 2.35. The summed E-state index contributed by atoms with van der Waals surface area (Å²) in [7, 11) is 0. The van der Waals surface area contributed by atoms with Gasteiger partial charge in [-0.1, -0.05) is 17.7 Å². The topological polar surface area (TPSA) is 38.5 Å². The maximum Gasteiger partial charge on any atom is 0.141 e. The molecule has 0 spiro atoms. The van der Waals surface area contributed by atoms with Crippen molar-refractivity contribution >= 4 is 11.6 Å². The summed E-state index contributed by atoms with van der Waals surface area (Å²) in [6, 6.07) is 5.06. The van der Waals surface area contributed by atoms with E-state index in [1.54, 1.807) is 12.1 Å². The molecule has 5 heteroatoms. The lowest BCUT2D eigenvalue weighted by Crippen LogP contribution is -2.50. The number of hydrogen-bond donors (Lipinski definition) is 1. The lowest BCUT2D eigenvalue weighted by atomic mass is 10.0.